The first kappa shape index (κ1) is 14.3. The van der Waals surface area contributed by atoms with Gasteiger partial charge in [-0.2, -0.15) is 0 Å². The van der Waals surface area contributed by atoms with E-state index in [0.29, 0.717) is 23.2 Å². The molecule has 1 saturated heterocycles. The predicted molar refractivity (Wildman–Crippen MR) is 81.9 cm³/mol. The summed E-state index contributed by atoms with van der Waals surface area (Å²) in [5.74, 6) is 1.06. The van der Waals surface area contributed by atoms with Gasteiger partial charge in [0.15, 0.2) is 0 Å². The predicted octanol–water partition coefficient (Wildman–Crippen LogP) is 3.30. The summed E-state index contributed by atoms with van der Waals surface area (Å²) >= 11 is 0. The summed E-state index contributed by atoms with van der Waals surface area (Å²) in [5.41, 5.74) is 0.370. The minimum Gasteiger partial charge on any atom is -0.320 e. The third-order valence-corrected chi connectivity index (χ3v) is 5.01. The van der Waals surface area contributed by atoms with Crippen molar-refractivity contribution in [1.82, 2.24) is 14.9 Å². The Hall–Kier alpha value is -1.65. The molecule has 1 aromatic rings. The van der Waals surface area contributed by atoms with Gasteiger partial charge < -0.3 is 4.90 Å². The molecule has 2 amide bonds. The Bertz CT molecular complexity index is 496. The summed E-state index contributed by atoms with van der Waals surface area (Å²) in [5, 5.41) is 2.89. The lowest BCUT2D eigenvalue weighted by molar-refractivity contribution is -0.0854. The van der Waals surface area contributed by atoms with E-state index in [1.807, 2.05) is 4.90 Å². The molecule has 21 heavy (non-hydrogen) atoms. The molecule has 0 unspecified atom stereocenters. The molecule has 3 rings (SSSR count). The molecular formula is C16H24N4O. The van der Waals surface area contributed by atoms with E-state index in [1.165, 1.54) is 38.4 Å². The second-order valence-electron chi connectivity index (χ2n) is 6.76. The molecule has 5 nitrogen and oxygen atoms in total. The molecule has 2 heterocycles. The van der Waals surface area contributed by atoms with Crippen LogP contribution in [0.15, 0.2) is 18.6 Å². The highest BCUT2D eigenvalue weighted by atomic mass is 16.2. The molecule has 1 aliphatic carbocycles. The van der Waals surface area contributed by atoms with Gasteiger partial charge >= 0.3 is 6.03 Å². The summed E-state index contributed by atoms with van der Waals surface area (Å²) in [6.45, 7) is 5.35. The lowest BCUT2D eigenvalue weighted by Crippen LogP contribution is -2.69. The fourth-order valence-electron chi connectivity index (χ4n) is 4.27. The van der Waals surface area contributed by atoms with Crippen molar-refractivity contribution in [3.8, 4) is 0 Å². The number of urea groups is 1. The van der Waals surface area contributed by atoms with Gasteiger partial charge in [-0.25, -0.2) is 14.8 Å². The lowest BCUT2D eigenvalue weighted by Gasteiger charge is -2.61. The van der Waals surface area contributed by atoms with E-state index >= 15 is 0 Å². The first-order valence-corrected chi connectivity index (χ1v) is 7.96. The molecule has 2 aliphatic rings. The summed E-state index contributed by atoms with van der Waals surface area (Å²) in [7, 11) is 0. The Morgan fingerprint density at radius 2 is 2.14 bits per heavy atom. The van der Waals surface area contributed by atoms with Crippen molar-refractivity contribution in [2.45, 2.75) is 52.0 Å². The molecule has 0 aromatic carbocycles. The van der Waals surface area contributed by atoms with Crippen molar-refractivity contribution < 1.29 is 4.79 Å². The summed E-state index contributed by atoms with van der Waals surface area (Å²) < 4.78 is 0. The fourth-order valence-corrected chi connectivity index (χ4v) is 4.27. The van der Waals surface area contributed by atoms with Crippen molar-refractivity contribution >= 4 is 11.8 Å². The summed E-state index contributed by atoms with van der Waals surface area (Å²) in [4.78, 5) is 22.4. The molecule has 1 spiro atoms. The Labute approximate surface area is 126 Å². The number of anilines is 1. The minimum atomic E-state index is -0.0244. The van der Waals surface area contributed by atoms with Crippen molar-refractivity contribution in [3.63, 3.8) is 0 Å². The zero-order valence-corrected chi connectivity index (χ0v) is 12.9. The number of likely N-dealkylation sites (tertiary alicyclic amines) is 1. The summed E-state index contributed by atoms with van der Waals surface area (Å²) in [6, 6.07) is 2.06. The number of rotatable bonds is 2. The number of carbonyl (C=O) groups excluding carboxylic acids is 1. The Balaban J connectivity index is 1.69. The molecule has 1 atom stereocenters. The maximum absolute atomic E-state index is 12.5. The van der Waals surface area contributed by atoms with Crippen LogP contribution in [0.3, 0.4) is 0 Å². The second-order valence-corrected chi connectivity index (χ2v) is 6.76. The van der Waals surface area contributed by atoms with Crippen LogP contribution in [0.1, 0.15) is 46.0 Å². The molecule has 114 valence electrons. The van der Waals surface area contributed by atoms with E-state index < -0.39 is 0 Å². The smallest absolute Gasteiger partial charge is 0.320 e. The van der Waals surface area contributed by atoms with Gasteiger partial charge in [0.1, 0.15) is 12.1 Å². The molecule has 1 saturated carbocycles. The van der Waals surface area contributed by atoms with E-state index in [1.54, 1.807) is 12.3 Å². The SMILES string of the molecule is CC(C)[C@@H]1N(C(=O)Nc2ccncn2)CC12CCCCC2. The normalized spacial score (nSPS) is 24.0. The number of aromatic nitrogens is 2. The molecule has 1 N–H and O–H groups in total. The molecule has 0 radical (unpaired) electrons. The van der Waals surface area contributed by atoms with Gasteiger partial charge in [-0.1, -0.05) is 33.1 Å². The first-order chi connectivity index (χ1) is 10.1. The summed E-state index contributed by atoms with van der Waals surface area (Å²) in [6.07, 6.45) is 9.60. The van der Waals surface area contributed by atoms with E-state index in [2.05, 4.69) is 29.1 Å². The van der Waals surface area contributed by atoms with Gasteiger partial charge in [0.25, 0.3) is 0 Å². The largest absolute Gasteiger partial charge is 0.323 e. The number of hydrogen-bond donors (Lipinski definition) is 1. The third kappa shape index (κ3) is 2.61. The van der Waals surface area contributed by atoms with Crippen LogP contribution in [0, 0.1) is 11.3 Å². The number of nitrogens with one attached hydrogen (secondary N) is 1. The molecular weight excluding hydrogens is 264 g/mol. The molecule has 2 fully saturated rings. The van der Waals surface area contributed by atoms with Gasteiger partial charge in [-0.15, -0.1) is 0 Å². The highest BCUT2D eigenvalue weighted by molar-refractivity contribution is 5.89. The average molecular weight is 288 g/mol. The van der Waals surface area contributed by atoms with Crippen LogP contribution >= 0.6 is 0 Å². The van der Waals surface area contributed by atoms with Crippen LogP contribution in [0.2, 0.25) is 0 Å². The molecule has 5 heteroatoms. The number of amides is 2. The quantitative estimate of drug-likeness (QED) is 0.908. The van der Waals surface area contributed by atoms with E-state index in [9.17, 15) is 4.79 Å². The first-order valence-electron chi connectivity index (χ1n) is 7.96. The number of hydrogen-bond acceptors (Lipinski definition) is 3. The lowest BCUT2D eigenvalue weighted by atomic mass is 9.60. The third-order valence-electron chi connectivity index (χ3n) is 5.01. The highest BCUT2D eigenvalue weighted by Gasteiger charge is 2.55. The number of nitrogens with zero attached hydrogens (tertiary/aromatic N) is 3. The van der Waals surface area contributed by atoms with Crippen LogP contribution in [0.25, 0.3) is 0 Å². The molecule has 0 bridgehead atoms. The zero-order chi connectivity index (χ0) is 14.9. The van der Waals surface area contributed by atoms with Crippen molar-refractivity contribution in [2.24, 2.45) is 11.3 Å². The maximum Gasteiger partial charge on any atom is 0.323 e. The van der Waals surface area contributed by atoms with Crippen LogP contribution in [0.5, 0.6) is 0 Å². The topological polar surface area (TPSA) is 58.1 Å². The van der Waals surface area contributed by atoms with E-state index in [-0.39, 0.29) is 6.03 Å². The monoisotopic (exact) mass is 288 g/mol. The van der Waals surface area contributed by atoms with Crippen LogP contribution < -0.4 is 5.32 Å². The van der Waals surface area contributed by atoms with Crippen molar-refractivity contribution in [2.75, 3.05) is 11.9 Å². The average Bonchev–Trinajstić information content (AvgIpc) is 2.46. The standard InChI is InChI=1S/C16H24N4O/c1-12(2)14-16(7-4-3-5-8-16)10-20(14)15(21)19-13-6-9-17-11-18-13/h6,9,11-12,14H,3-5,7-8,10H2,1-2H3,(H,17,18,19,21)/t14-/m0/s1. The minimum absolute atomic E-state index is 0.0244. The van der Waals surface area contributed by atoms with Gasteiger partial charge in [0.2, 0.25) is 0 Å². The highest BCUT2D eigenvalue weighted by Crippen LogP contribution is 2.51. The number of carbonyl (C=O) groups is 1. The van der Waals surface area contributed by atoms with Gasteiger partial charge in [0.05, 0.1) is 0 Å². The van der Waals surface area contributed by atoms with Crippen LogP contribution in [0.4, 0.5) is 10.6 Å². The van der Waals surface area contributed by atoms with Crippen LogP contribution in [-0.4, -0.2) is 33.5 Å². The van der Waals surface area contributed by atoms with E-state index in [4.69, 9.17) is 0 Å². The van der Waals surface area contributed by atoms with Gasteiger partial charge in [-0.3, -0.25) is 5.32 Å². The Kier molecular flexibility index (Phi) is 3.83. The Morgan fingerprint density at radius 3 is 2.76 bits per heavy atom. The molecule has 1 aliphatic heterocycles. The van der Waals surface area contributed by atoms with Crippen LogP contribution in [-0.2, 0) is 0 Å². The van der Waals surface area contributed by atoms with Gasteiger partial charge in [0, 0.05) is 24.2 Å². The zero-order valence-electron chi connectivity index (χ0n) is 12.9. The van der Waals surface area contributed by atoms with Crippen molar-refractivity contribution in [1.29, 1.82) is 0 Å². The Morgan fingerprint density at radius 1 is 1.38 bits per heavy atom. The van der Waals surface area contributed by atoms with Crippen molar-refractivity contribution in [3.05, 3.63) is 18.6 Å². The van der Waals surface area contributed by atoms with Gasteiger partial charge in [-0.05, 0) is 24.8 Å². The maximum atomic E-state index is 12.5. The second kappa shape index (κ2) is 5.62. The molecule has 1 aromatic heterocycles. The fraction of sp³-hybridized carbons (Fsp3) is 0.688. The van der Waals surface area contributed by atoms with E-state index in [0.717, 1.165) is 6.54 Å².